The standard InChI is InChI=1S/C25H28N6O5/c1-3-18(11-27-24(35)15-4-5-21(26)23(6-15)36-14(2)32)31-12-16-10-28-25(30-22(16)13-31)29-17-7-19(33)9-20(34)8-17/h4-10,18,33-34H,3,11-13,26H2,1-2H3,(H,27,35)(H,28,29,30). The highest BCUT2D eigenvalue weighted by atomic mass is 16.5. The van der Waals surface area contributed by atoms with Gasteiger partial charge in [-0.15, -0.1) is 0 Å². The molecule has 1 aliphatic rings. The second-order valence-corrected chi connectivity index (χ2v) is 8.55. The third kappa shape index (κ3) is 5.81. The van der Waals surface area contributed by atoms with Crippen LogP contribution >= 0.6 is 0 Å². The molecule has 36 heavy (non-hydrogen) atoms. The summed E-state index contributed by atoms with van der Waals surface area (Å²) in [5, 5.41) is 25.3. The number of benzene rings is 2. The first-order chi connectivity index (χ1) is 17.2. The van der Waals surface area contributed by atoms with Crippen LogP contribution < -0.4 is 21.1 Å². The molecule has 0 radical (unpaired) electrons. The smallest absolute Gasteiger partial charge is 0.308 e. The van der Waals surface area contributed by atoms with Crippen LogP contribution in [0.4, 0.5) is 17.3 Å². The fraction of sp³-hybridized carbons (Fsp3) is 0.280. The van der Waals surface area contributed by atoms with Crippen LogP contribution in [0, 0.1) is 0 Å². The molecule has 0 aliphatic carbocycles. The van der Waals surface area contributed by atoms with E-state index < -0.39 is 5.97 Å². The molecule has 0 spiro atoms. The molecule has 0 fully saturated rings. The van der Waals surface area contributed by atoms with Crippen LogP contribution in [0.5, 0.6) is 17.2 Å². The molecule has 1 amide bonds. The SMILES string of the molecule is CCC(CNC(=O)c1ccc(N)c(OC(C)=O)c1)N1Cc2cnc(Nc3cc(O)cc(O)c3)nc2C1. The first kappa shape index (κ1) is 24.7. The number of carbonyl (C=O) groups excluding carboxylic acids is 2. The molecule has 1 atom stereocenters. The van der Waals surface area contributed by atoms with Crippen LogP contribution in [-0.2, 0) is 17.9 Å². The fourth-order valence-corrected chi connectivity index (χ4v) is 4.06. The predicted octanol–water partition coefficient (Wildman–Crippen LogP) is 2.66. The number of phenolic OH excluding ortho intramolecular Hbond substituents is 2. The Morgan fingerprint density at radius 1 is 1.17 bits per heavy atom. The number of anilines is 3. The normalized spacial score (nSPS) is 13.6. The van der Waals surface area contributed by atoms with E-state index in [1.165, 1.54) is 37.3 Å². The molecule has 2 heterocycles. The van der Waals surface area contributed by atoms with E-state index in [0.717, 1.165) is 17.7 Å². The van der Waals surface area contributed by atoms with Crippen molar-refractivity contribution >= 4 is 29.2 Å². The number of carbonyl (C=O) groups is 2. The Bertz CT molecular complexity index is 1280. The number of phenols is 2. The Labute approximate surface area is 207 Å². The van der Waals surface area contributed by atoms with Gasteiger partial charge >= 0.3 is 5.97 Å². The van der Waals surface area contributed by atoms with Crippen molar-refractivity contribution in [1.29, 1.82) is 0 Å². The second-order valence-electron chi connectivity index (χ2n) is 8.55. The molecule has 6 N–H and O–H groups in total. The highest BCUT2D eigenvalue weighted by molar-refractivity contribution is 5.95. The number of hydrogen-bond acceptors (Lipinski definition) is 10. The Morgan fingerprint density at radius 2 is 1.92 bits per heavy atom. The first-order valence-corrected chi connectivity index (χ1v) is 11.5. The van der Waals surface area contributed by atoms with Crippen molar-refractivity contribution in [2.24, 2.45) is 0 Å². The van der Waals surface area contributed by atoms with Gasteiger partial charge < -0.3 is 31.3 Å². The van der Waals surface area contributed by atoms with E-state index in [4.69, 9.17) is 10.5 Å². The average Bonchev–Trinajstić information content (AvgIpc) is 3.23. The van der Waals surface area contributed by atoms with Crippen molar-refractivity contribution in [3.05, 3.63) is 59.4 Å². The maximum Gasteiger partial charge on any atom is 0.308 e. The molecule has 1 aromatic heterocycles. The fourth-order valence-electron chi connectivity index (χ4n) is 4.06. The molecule has 4 rings (SSSR count). The summed E-state index contributed by atoms with van der Waals surface area (Å²) in [4.78, 5) is 35.2. The maximum atomic E-state index is 12.7. The topological polar surface area (TPSA) is 163 Å². The minimum atomic E-state index is -0.513. The number of nitrogens with one attached hydrogen (secondary N) is 2. The molecular formula is C25H28N6O5. The average molecular weight is 493 g/mol. The molecule has 0 bridgehead atoms. The number of amides is 1. The lowest BCUT2D eigenvalue weighted by molar-refractivity contribution is -0.131. The van der Waals surface area contributed by atoms with Crippen LogP contribution in [0.2, 0.25) is 0 Å². The van der Waals surface area contributed by atoms with Crippen molar-refractivity contribution in [3.8, 4) is 17.2 Å². The quantitative estimate of drug-likeness (QED) is 0.179. The van der Waals surface area contributed by atoms with Gasteiger partial charge in [-0.25, -0.2) is 9.97 Å². The zero-order valence-corrected chi connectivity index (χ0v) is 20.0. The summed E-state index contributed by atoms with van der Waals surface area (Å²) in [5.74, 6) is -0.437. The lowest BCUT2D eigenvalue weighted by Gasteiger charge is -2.26. The molecule has 188 valence electrons. The van der Waals surface area contributed by atoms with Gasteiger partial charge in [-0.3, -0.25) is 14.5 Å². The van der Waals surface area contributed by atoms with E-state index in [2.05, 4.69) is 32.4 Å². The van der Waals surface area contributed by atoms with Crippen molar-refractivity contribution in [3.63, 3.8) is 0 Å². The van der Waals surface area contributed by atoms with Gasteiger partial charge in [-0.05, 0) is 24.6 Å². The van der Waals surface area contributed by atoms with Gasteiger partial charge in [-0.1, -0.05) is 6.92 Å². The lowest BCUT2D eigenvalue weighted by Crippen LogP contribution is -2.41. The van der Waals surface area contributed by atoms with E-state index in [9.17, 15) is 19.8 Å². The number of aromatic nitrogens is 2. The van der Waals surface area contributed by atoms with Crippen LogP contribution in [-0.4, -0.2) is 49.5 Å². The van der Waals surface area contributed by atoms with Gasteiger partial charge in [0.25, 0.3) is 5.91 Å². The molecule has 1 unspecified atom stereocenters. The van der Waals surface area contributed by atoms with E-state index in [1.54, 1.807) is 12.3 Å². The molecule has 11 heteroatoms. The van der Waals surface area contributed by atoms with E-state index in [-0.39, 0.29) is 34.9 Å². The minimum absolute atomic E-state index is 0.0595. The van der Waals surface area contributed by atoms with Gasteiger partial charge in [0.2, 0.25) is 5.95 Å². The number of fused-ring (bicyclic) bond motifs is 1. The molecular weight excluding hydrogens is 464 g/mol. The number of ether oxygens (including phenoxy) is 1. The largest absolute Gasteiger partial charge is 0.508 e. The Morgan fingerprint density at radius 3 is 2.61 bits per heavy atom. The van der Waals surface area contributed by atoms with Crippen molar-refractivity contribution in [2.75, 3.05) is 17.6 Å². The highest BCUT2D eigenvalue weighted by Gasteiger charge is 2.27. The maximum absolute atomic E-state index is 12.7. The zero-order valence-electron chi connectivity index (χ0n) is 20.0. The van der Waals surface area contributed by atoms with Gasteiger partial charge in [0.1, 0.15) is 11.5 Å². The van der Waals surface area contributed by atoms with Gasteiger partial charge in [0.05, 0.1) is 11.4 Å². The number of nitrogens with zero attached hydrogens (tertiary/aromatic N) is 3. The predicted molar refractivity (Wildman–Crippen MR) is 133 cm³/mol. The van der Waals surface area contributed by atoms with E-state index >= 15 is 0 Å². The minimum Gasteiger partial charge on any atom is -0.508 e. The summed E-state index contributed by atoms with van der Waals surface area (Å²) in [5.41, 5.74) is 8.77. The van der Waals surface area contributed by atoms with Crippen molar-refractivity contribution < 1.29 is 24.5 Å². The third-order valence-electron chi connectivity index (χ3n) is 5.85. The number of rotatable bonds is 8. The summed E-state index contributed by atoms with van der Waals surface area (Å²) >= 11 is 0. The first-order valence-electron chi connectivity index (χ1n) is 11.5. The summed E-state index contributed by atoms with van der Waals surface area (Å²) < 4.78 is 5.06. The molecule has 0 saturated heterocycles. The Kier molecular flexibility index (Phi) is 7.20. The molecule has 0 saturated carbocycles. The monoisotopic (exact) mass is 492 g/mol. The Hall–Kier alpha value is -4.38. The molecule has 3 aromatic rings. The summed E-state index contributed by atoms with van der Waals surface area (Å²) in [6, 6.07) is 8.80. The zero-order chi connectivity index (χ0) is 25.8. The summed E-state index contributed by atoms with van der Waals surface area (Å²) in [6.07, 6.45) is 2.55. The van der Waals surface area contributed by atoms with Crippen LogP contribution in [0.25, 0.3) is 0 Å². The number of esters is 1. The summed E-state index contributed by atoms with van der Waals surface area (Å²) in [6.45, 7) is 4.97. The van der Waals surface area contributed by atoms with Gasteiger partial charge in [0, 0.05) is 73.8 Å². The molecule has 2 aromatic carbocycles. The molecule has 11 nitrogen and oxygen atoms in total. The van der Waals surface area contributed by atoms with Gasteiger partial charge in [-0.2, -0.15) is 0 Å². The van der Waals surface area contributed by atoms with Crippen molar-refractivity contribution in [2.45, 2.75) is 39.4 Å². The van der Waals surface area contributed by atoms with Crippen LogP contribution in [0.1, 0.15) is 41.9 Å². The molecule has 1 aliphatic heterocycles. The van der Waals surface area contributed by atoms with Crippen LogP contribution in [0.15, 0.2) is 42.6 Å². The highest BCUT2D eigenvalue weighted by Crippen LogP contribution is 2.28. The van der Waals surface area contributed by atoms with Gasteiger partial charge in [0.15, 0.2) is 5.75 Å². The van der Waals surface area contributed by atoms with Crippen LogP contribution in [0.3, 0.4) is 0 Å². The number of hydrogen-bond donors (Lipinski definition) is 5. The number of aromatic hydroxyl groups is 2. The second kappa shape index (κ2) is 10.5. The third-order valence-corrected chi connectivity index (χ3v) is 5.85. The van der Waals surface area contributed by atoms with E-state index in [0.29, 0.717) is 36.8 Å². The lowest BCUT2D eigenvalue weighted by atomic mass is 10.1. The number of nitrogen functional groups attached to an aromatic ring is 1. The number of nitrogens with two attached hydrogens (primary N) is 1. The Balaban J connectivity index is 1.38. The van der Waals surface area contributed by atoms with E-state index in [1.807, 2.05) is 0 Å². The summed E-state index contributed by atoms with van der Waals surface area (Å²) in [7, 11) is 0. The van der Waals surface area contributed by atoms with Crippen molar-refractivity contribution in [1.82, 2.24) is 20.2 Å².